The molecule has 0 radical (unpaired) electrons. The Morgan fingerprint density at radius 2 is 2.04 bits per heavy atom. The second-order valence-corrected chi connectivity index (χ2v) is 5.51. The van der Waals surface area contributed by atoms with Gasteiger partial charge in [0.25, 0.3) is 5.91 Å². The molecule has 2 rings (SSSR count). The maximum absolute atomic E-state index is 13.3. The zero-order valence-corrected chi connectivity index (χ0v) is 14.4. The number of halogens is 1. The molecule has 2 aromatic rings. The Kier molecular flexibility index (Phi) is 6.06. The highest BCUT2D eigenvalue weighted by Gasteiger charge is 2.14. The topological polar surface area (TPSA) is 55.1 Å². The zero-order valence-electron chi connectivity index (χ0n) is 14.4. The molecule has 0 aliphatic carbocycles. The van der Waals surface area contributed by atoms with Crippen LogP contribution in [0.5, 0.6) is 0 Å². The molecule has 5 heteroatoms. The number of benzene rings is 1. The monoisotopic (exact) mass is 340 g/mol. The molecule has 0 saturated carbocycles. The molecule has 0 saturated heterocycles. The van der Waals surface area contributed by atoms with E-state index in [1.807, 2.05) is 19.1 Å². The van der Waals surface area contributed by atoms with Crippen molar-refractivity contribution < 1.29 is 13.6 Å². The Morgan fingerprint density at radius 1 is 1.36 bits per heavy atom. The normalized spacial score (nSPS) is 11.2. The van der Waals surface area contributed by atoms with E-state index in [1.165, 1.54) is 12.2 Å². The number of carbonyl (C=O) groups excluding carboxylic acids is 1. The molecule has 25 heavy (non-hydrogen) atoms. The second-order valence-electron chi connectivity index (χ2n) is 5.51. The van der Waals surface area contributed by atoms with Gasteiger partial charge in [-0.15, -0.1) is 0 Å². The number of anilines is 1. The highest BCUT2D eigenvalue weighted by Crippen LogP contribution is 2.25. The molecule has 1 heterocycles. The molecule has 0 spiro atoms. The Hall–Kier alpha value is -2.95. The van der Waals surface area contributed by atoms with Crippen LogP contribution in [0.25, 0.3) is 11.3 Å². The standard InChI is InChI=1S/C20H21FN2O2/c1-5-7-17(13(3)21)20(24)22-16-11-9-15(10-12-16)19-14(4)25-18(23-19)8-6-2/h5,7,9-12H,1,3,6,8H2,2,4H3,(H,22,24)/b17-7+. The quantitative estimate of drug-likeness (QED) is 0.561. The molecule has 0 aliphatic heterocycles. The van der Waals surface area contributed by atoms with Crippen molar-refractivity contribution in [3.8, 4) is 11.3 Å². The van der Waals surface area contributed by atoms with Gasteiger partial charge in [0.15, 0.2) is 5.89 Å². The first-order valence-electron chi connectivity index (χ1n) is 8.01. The van der Waals surface area contributed by atoms with Crippen molar-refractivity contribution in [2.75, 3.05) is 5.32 Å². The van der Waals surface area contributed by atoms with Gasteiger partial charge in [-0.25, -0.2) is 9.37 Å². The van der Waals surface area contributed by atoms with Crippen molar-refractivity contribution in [2.24, 2.45) is 0 Å². The minimum absolute atomic E-state index is 0.157. The largest absolute Gasteiger partial charge is 0.445 e. The average molecular weight is 340 g/mol. The average Bonchev–Trinajstić information content (AvgIpc) is 2.93. The van der Waals surface area contributed by atoms with Gasteiger partial charge in [0, 0.05) is 17.7 Å². The number of hydrogen-bond donors (Lipinski definition) is 1. The third kappa shape index (κ3) is 4.53. The van der Waals surface area contributed by atoms with Crippen LogP contribution < -0.4 is 5.32 Å². The number of rotatable bonds is 7. The van der Waals surface area contributed by atoms with Crippen LogP contribution in [-0.2, 0) is 11.2 Å². The first kappa shape index (κ1) is 18.4. The number of oxazole rings is 1. The molecule has 0 unspecified atom stereocenters. The predicted molar refractivity (Wildman–Crippen MR) is 97.8 cm³/mol. The van der Waals surface area contributed by atoms with Crippen LogP contribution in [0.2, 0.25) is 0 Å². The molecule has 0 atom stereocenters. The van der Waals surface area contributed by atoms with Crippen LogP contribution in [0.3, 0.4) is 0 Å². The number of carbonyl (C=O) groups is 1. The van der Waals surface area contributed by atoms with Crippen LogP contribution in [-0.4, -0.2) is 10.9 Å². The third-order valence-electron chi connectivity index (χ3n) is 3.54. The Labute approximate surface area is 146 Å². The van der Waals surface area contributed by atoms with Crippen LogP contribution in [0.15, 0.2) is 65.4 Å². The first-order chi connectivity index (χ1) is 12.0. The lowest BCUT2D eigenvalue weighted by atomic mass is 10.1. The smallest absolute Gasteiger partial charge is 0.258 e. The Morgan fingerprint density at radius 3 is 2.60 bits per heavy atom. The van der Waals surface area contributed by atoms with Crippen molar-refractivity contribution in [1.29, 1.82) is 0 Å². The van der Waals surface area contributed by atoms with Crippen LogP contribution in [0, 0.1) is 6.92 Å². The summed E-state index contributed by atoms with van der Waals surface area (Å²) in [4.78, 5) is 16.6. The molecule has 1 aromatic heterocycles. The van der Waals surface area contributed by atoms with Crippen molar-refractivity contribution in [3.63, 3.8) is 0 Å². The van der Waals surface area contributed by atoms with Gasteiger partial charge in [-0.2, -0.15) is 0 Å². The van der Waals surface area contributed by atoms with E-state index in [-0.39, 0.29) is 5.57 Å². The highest BCUT2D eigenvalue weighted by atomic mass is 19.1. The first-order valence-corrected chi connectivity index (χ1v) is 8.01. The van der Waals surface area contributed by atoms with Crippen molar-refractivity contribution >= 4 is 11.6 Å². The van der Waals surface area contributed by atoms with Gasteiger partial charge in [-0.1, -0.05) is 38.3 Å². The molecule has 1 N–H and O–H groups in total. The van der Waals surface area contributed by atoms with E-state index in [4.69, 9.17) is 4.42 Å². The molecular formula is C20H21FN2O2. The molecule has 0 fully saturated rings. The van der Waals surface area contributed by atoms with E-state index >= 15 is 0 Å². The van der Waals surface area contributed by atoms with Crippen molar-refractivity contribution in [1.82, 2.24) is 4.98 Å². The van der Waals surface area contributed by atoms with E-state index in [0.717, 1.165) is 29.9 Å². The summed E-state index contributed by atoms with van der Waals surface area (Å²) in [6.07, 6.45) is 4.37. The summed E-state index contributed by atoms with van der Waals surface area (Å²) in [7, 11) is 0. The van der Waals surface area contributed by atoms with Crippen molar-refractivity contribution in [3.05, 3.63) is 72.6 Å². The molecule has 0 bridgehead atoms. The number of hydrogen-bond acceptors (Lipinski definition) is 3. The van der Waals surface area contributed by atoms with Gasteiger partial charge in [-0.3, -0.25) is 4.79 Å². The van der Waals surface area contributed by atoms with Gasteiger partial charge < -0.3 is 9.73 Å². The van der Waals surface area contributed by atoms with Gasteiger partial charge in [-0.05, 0) is 31.6 Å². The molecule has 4 nitrogen and oxygen atoms in total. The lowest BCUT2D eigenvalue weighted by Crippen LogP contribution is -2.14. The van der Waals surface area contributed by atoms with Crippen molar-refractivity contribution in [2.45, 2.75) is 26.7 Å². The van der Waals surface area contributed by atoms with Gasteiger partial charge in [0.2, 0.25) is 0 Å². The van der Waals surface area contributed by atoms with Gasteiger partial charge in [0.1, 0.15) is 17.3 Å². The fourth-order valence-corrected chi connectivity index (χ4v) is 2.36. The zero-order chi connectivity index (χ0) is 18.4. The molecule has 1 amide bonds. The van der Waals surface area contributed by atoms with E-state index in [0.29, 0.717) is 11.6 Å². The summed E-state index contributed by atoms with van der Waals surface area (Å²) in [6.45, 7) is 10.6. The number of nitrogens with one attached hydrogen (secondary N) is 1. The summed E-state index contributed by atoms with van der Waals surface area (Å²) >= 11 is 0. The predicted octanol–water partition coefficient (Wildman–Crippen LogP) is 5.14. The lowest BCUT2D eigenvalue weighted by Gasteiger charge is -2.07. The minimum Gasteiger partial charge on any atom is -0.445 e. The fraction of sp³-hybridized carbons (Fsp3) is 0.200. The maximum atomic E-state index is 13.3. The van der Waals surface area contributed by atoms with Gasteiger partial charge in [0.05, 0.1) is 5.57 Å². The number of aromatic nitrogens is 1. The van der Waals surface area contributed by atoms with E-state index in [2.05, 4.69) is 30.4 Å². The molecule has 1 aromatic carbocycles. The van der Waals surface area contributed by atoms with Crippen LogP contribution in [0.4, 0.5) is 10.1 Å². The number of allylic oxidation sites excluding steroid dienone is 2. The minimum atomic E-state index is -0.810. The summed E-state index contributed by atoms with van der Waals surface area (Å²) in [5.74, 6) is 0.0805. The SMILES string of the molecule is C=C/C=C(\C(=C)F)C(=O)Nc1ccc(-c2nc(CCC)oc2C)cc1. The van der Waals surface area contributed by atoms with Gasteiger partial charge >= 0.3 is 0 Å². The number of nitrogens with zero attached hydrogens (tertiary/aromatic N) is 1. The summed E-state index contributed by atoms with van der Waals surface area (Å²) in [6, 6.07) is 7.12. The number of aryl methyl sites for hydroxylation is 2. The second kappa shape index (κ2) is 8.24. The Bertz CT molecular complexity index is 817. The van der Waals surface area contributed by atoms with Crippen LogP contribution in [0.1, 0.15) is 25.0 Å². The highest BCUT2D eigenvalue weighted by molar-refractivity contribution is 6.06. The molecule has 0 aliphatic rings. The van der Waals surface area contributed by atoms with Crippen LogP contribution >= 0.6 is 0 Å². The lowest BCUT2D eigenvalue weighted by molar-refractivity contribution is -0.112. The molecule has 130 valence electrons. The van der Waals surface area contributed by atoms with E-state index < -0.39 is 11.7 Å². The summed E-state index contributed by atoms with van der Waals surface area (Å²) in [5.41, 5.74) is 2.06. The third-order valence-corrected chi connectivity index (χ3v) is 3.54. The maximum Gasteiger partial charge on any atom is 0.258 e. The summed E-state index contributed by atoms with van der Waals surface area (Å²) < 4.78 is 19.0. The summed E-state index contributed by atoms with van der Waals surface area (Å²) in [5, 5.41) is 2.63. The Balaban J connectivity index is 2.17. The number of amides is 1. The fourth-order valence-electron chi connectivity index (χ4n) is 2.36. The molecular weight excluding hydrogens is 319 g/mol. The van der Waals surface area contributed by atoms with E-state index in [1.54, 1.807) is 12.1 Å². The van der Waals surface area contributed by atoms with E-state index in [9.17, 15) is 9.18 Å².